The Morgan fingerprint density at radius 2 is 0.567 bits per heavy atom. The van der Waals surface area contributed by atoms with Crippen LogP contribution in [0.5, 0.6) is 0 Å². The van der Waals surface area contributed by atoms with Crippen molar-refractivity contribution in [1.82, 2.24) is 45.0 Å². The predicted octanol–water partition coefficient (Wildman–Crippen LogP) is 7.99. The van der Waals surface area contributed by atoms with E-state index in [4.69, 9.17) is 0 Å². The standard InChI is InChI=1S/C54H57BN12/c1-34-25-46(65-31-49(56-59-65)40-13-19-43(20-14-40)62(7)8)26-35(2)52(34)55(53-36(3)27-47(28-37(53)4)66-32-50(57-60-66)41-15-21-44(22-16-41)63(9)10)54-38(5)29-48(30-39(54)6)67-33-51(58-61-67)42-17-23-45(24-18-42)64(11)12/h13-33H,1-12H3. The van der Waals surface area contributed by atoms with Crippen molar-refractivity contribution in [2.75, 3.05) is 57.0 Å². The van der Waals surface area contributed by atoms with Crippen molar-refractivity contribution < 1.29 is 0 Å². The van der Waals surface area contributed by atoms with E-state index in [2.05, 4.69) is 196 Å². The lowest BCUT2D eigenvalue weighted by atomic mass is 9.33. The lowest BCUT2D eigenvalue weighted by Gasteiger charge is -2.27. The largest absolute Gasteiger partial charge is 0.378 e. The molecule has 336 valence electrons. The van der Waals surface area contributed by atoms with Crippen LogP contribution in [-0.2, 0) is 0 Å². The zero-order valence-corrected chi connectivity index (χ0v) is 40.6. The number of rotatable bonds is 12. The van der Waals surface area contributed by atoms with Crippen LogP contribution in [0, 0.1) is 41.5 Å². The number of hydrogen-bond acceptors (Lipinski definition) is 9. The molecule has 0 bridgehead atoms. The summed E-state index contributed by atoms with van der Waals surface area (Å²) < 4.78 is 5.66. The summed E-state index contributed by atoms with van der Waals surface area (Å²) in [7, 11) is 12.3. The normalized spacial score (nSPS) is 11.3. The van der Waals surface area contributed by atoms with Gasteiger partial charge < -0.3 is 14.7 Å². The van der Waals surface area contributed by atoms with Gasteiger partial charge in [-0.15, -0.1) is 15.3 Å². The summed E-state index contributed by atoms with van der Waals surface area (Å²) in [5, 5.41) is 27.6. The van der Waals surface area contributed by atoms with E-state index >= 15 is 0 Å². The molecule has 3 heterocycles. The maximum Gasteiger partial charge on any atom is 0.243 e. The monoisotopic (exact) mass is 884 g/mol. The summed E-state index contributed by atoms with van der Waals surface area (Å²) >= 11 is 0. The van der Waals surface area contributed by atoms with Gasteiger partial charge in [0.1, 0.15) is 17.1 Å². The van der Waals surface area contributed by atoms with E-state index in [0.717, 1.165) is 67.9 Å². The third-order valence-corrected chi connectivity index (χ3v) is 12.9. The van der Waals surface area contributed by atoms with Gasteiger partial charge in [-0.1, -0.05) is 102 Å². The highest BCUT2D eigenvalue weighted by Gasteiger charge is 2.32. The summed E-state index contributed by atoms with van der Waals surface area (Å²) in [4.78, 5) is 6.27. The van der Waals surface area contributed by atoms with Crippen molar-refractivity contribution >= 4 is 40.2 Å². The van der Waals surface area contributed by atoms with Gasteiger partial charge in [-0.05, 0) is 114 Å². The molecule has 0 spiro atoms. The van der Waals surface area contributed by atoms with Crippen molar-refractivity contribution in [2.24, 2.45) is 0 Å². The molecule has 0 aliphatic heterocycles. The van der Waals surface area contributed by atoms with Crippen LogP contribution in [0.25, 0.3) is 50.8 Å². The molecule has 0 aliphatic rings. The van der Waals surface area contributed by atoms with Gasteiger partial charge in [-0.2, -0.15) is 0 Å². The number of benzene rings is 6. The summed E-state index contributed by atoms with van der Waals surface area (Å²) in [6.07, 6.45) is 6.04. The number of hydrogen-bond donors (Lipinski definition) is 0. The predicted molar refractivity (Wildman–Crippen MR) is 276 cm³/mol. The van der Waals surface area contributed by atoms with Crippen molar-refractivity contribution in [1.29, 1.82) is 0 Å². The molecule has 0 aliphatic carbocycles. The SMILES string of the molecule is Cc1cc(-n2cc(-c3ccc(N(C)C)cc3)nn2)cc(C)c1B(c1c(C)cc(-n2cc(-c3ccc(N(C)C)cc3)nn2)cc1C)c1c(C)cc(-n2cc(-c3ccc(N(C)C)cc3)nn2)cc1C. The summed E-state index contributed by atoms with van der Waals surface area (Å²) in [6.45, 7) is 13.2. The molecule has 0 fully saturated rings. The van der Waals surface area contributed by atoms with E-state index in [9.17, 15) is 0 Å². The molecule has 0 saturated heterocycles. The fraction of sp³-hybridized carbons (Fsp3) is 0.222. The van der Waals surface area contributed by atoms with E-state index in [0.29, 0.717) is 0 Å². The third-order valence-electron chi connectivity index (χ3n) is 12.9. The number of aryl methyl sites for hydroxylation is 6. The molecule has 0 N–H and O–H groups in total. The molecule has 6 aromatic carbocycles. The van der Waals surface area contributed by atoms with Gasteiger partial charge in [0.05, 0.1) is 35.7 Å². The average Bonchev–Trinajstić information content (AvgIpc) is 4.11. The highest BCUT2D eigenvalue weighted by molar-refractivity contribution is 6.97. The van der Waals surface area contributed by atoms with E-state index < -0.39 is 0 Å². The minimum absolute atomic E-state index is 0.0956. The smallest absolute Gasteiger partial charge is 0.243 e. The Balaban J connectivity index is 1.12. The van der Waals surface area contributed by atoms with E-state index in [1.54, 1.807) is 0 Å². The summed E-state index contributed by atoms with van der Waals surface area (Å²) in [6, 6.07) is 38.6. The number of aromatic nitrogens is 9. The Labute approximate surface area is 394 Å². The van der Waals surface area contributed by atoms with Crippen LogP contribution in [0.1, 0.15) is 33.4 Å². The lowest BCUT2D eigenvalue weighted by molar-refractivity contribution is 0.802. The Kier molecular flexibility index (Phi) is 11.9. The molecule has 0 unspecified atom stereocenters. The summed E-state index contributed by atoms with van der Waals surface area (Å²) in [5.74, 6) is 0. The van der Waals surface area contributed by atoms with Crippen LogP contribution >= 0.6 is 0 Å². The first-order valence-corrected chi connectivity index (χ1v) is 22.6. The molecular formula is C54H57BN12. The van der Waals surface area contributed by atoms with Crippen LogP contribution in [-0.4, -0.2) is 94.0 Å². The van der Waals surface area contributed by atoms with Gasteiger partial charge in [0.15, 0.2) is 0 Å². The first-order valence-electron chi connectivity index (χ1n) is 22.6. The van der Waals surface area contributed by atoms with Gasteiger partial charge in [0.25, 0.3) is 0 Å². The third kappa shape index (κ3) is 8.72. The van der Waals surface area contributed by atoms with Crippen molar-refractivity contribution in [2.45, 2.75) is 41.5 Å². The molecule has 9 aromatic rings. The molecule has 3 aromatic heterocycles. The van der Waals surface area contributed by atoms with Gasteiger partial charge in [0.2, 0.25) is 6.71 Å². The van der Waals surface area contributed by atoms with Crippen LogP contribution < -0.4 is 31.1 Å². The van der Waals surface area contributed by atoms with Crippen LogP contribution in [0.4, 0.5) is 17.1 Å². The Hall–Kier alpha value is -7.80. The Morgan fingerprint density at radius 1 is 0.343 bits per heavy atom. The maximum absolute atomic E-state index is 4.62. The first-order chi connectivity index (χ1) is 32.1. The lowest BCUT2D eigenvalue weighted by Crippen LogP contribution is -2.57. The zero-order chi connectivity index (χ0) is 47.3. The quantitative estimate of drug-likeness (QED) is 0.113. The average molecular weight is 885 g/mol. The minimum Gasteiger partial charge on any atom is -0.378 e. The van der Waals surface area contributed by atoms with Crippen molar-refractivity contribution in [3.63, 3.8) is 0 Å². The van der Waals surface area contributed by atoms with Crippen LogP contribution in [0.15, 0.2) is 128 Å². The molecule has 0 radical (unpaired) electrons. The van der Waals surface area contributed by atoms with E-state index in [1.165, 1.54) is 49.8 Å². The minimum atomic E-state index is -0.0956. The van der Waals surface area contributed by atoms with Gasteiger partial charge in [-0.3, -0.25) is 0 Å². The first kappa shape index (κ1) is 44.4. The molecular weight excluding hydrogens is 827 g/mol. The molecule has 0 atom stereocenters. The van der Waals surface area contributed by atoms with Gasteiger partial charge in [-0.25, -0.2) is 14.0 Å². The van der Waals surface area contributed by atoms with Gasteiger partial charge in [0, 0.05) is 76.0 Å². The molecule has 13 heteroatoms. The number of anilines is 3. The Morgan fingerprint density at radius 3 is 0.776 bits per heavy atom. The van der Waals surface area contributed by atoms with Gasteiger partial charge >= 0.3 is 0 Å². The molecule has 9 rings (SSSR count). The zero-order valence-electron chi connectivity index (χ0n) is 40.6. The highest BCUT2D eigenvalue weighted by atomic mass is 15.4. The molecule has 0 saturated carbocycles. The maximum atomic E-state index is 4.62. The van der Waals surface area contributed by atoms with Crippen molar-refractivity contribution in [3.05, 3.63) is 161 Å². The second-order valence-corrected chi connectivity index (χ2v) is 18.4. The topological polar surface area (TPSA) is 102 Å². The molecule has 67 heavy (non-hydrogen) atoms. The fourth-order valence-electron chi connectivity index (χ4n) is 9.41. The van der Waals surface area contributed by atoms with Crippen LogP contribution in [0.3, 0.4) is 0 Å². The van der Waals surface area contributed by atoms with Crippen molar-refractivity contribution in [3.8, 4) is 50.8 Å². The summed E-state index contributed by atoms with van der Waals surface area (Å²) in [5.41, 5.74) is 22.6. The number of nitrogens with zero attached hydrogens (tertiary/aromatic N) is 12. The van der Waals surface area contributed by atoms with Crippen LogP contribution in [0.2, 0.25) is 0 Å². The second-order valence-electron chi connectivity index (χ2n) is 18.4. The fourth-order valence-corrected chi connectivity index (χ4v) is 9.41. The Bertz CT molecular complexity index is 2820. The molecule has 0 amide bonds. The molecule has 12 nitrogen and oxygen atoms in total. The second kappa shape index (κ2) is 17.9. The highest BCUT2D eigenvalue weighted by Crippen LogP contribution is 2.26. The van der Waals surface area contributed by atoms with E-state index in [-0.39, 0.29) is 6.71 Å². The van der Waals surface area contributed by atoms with E-state index in [1.807, 2.05) is 74.9 Å².